The minimum Gasteiger partial charge on any atom is -0.280 e. The van der Waals surface area contributed by atoms with Crippen LogP contribution in [0.5, 0.6) is 0 Å². The zero-order valence-electron chi connectivity index (χ0n) is 15.6. The third kappa shape index (κ3) is 4.29. The molecule has 0 aliphatic rings. The summed E-state index contributed by atoms with van der Waals surface area (Å²) in [6.07, 6.45) is 0. The summed E-state index contributed by atoms with van der Waals surface area (Å²) in [7, 11) is 0. The maximum atomic E-state index is 13.6. The number of carbonyl (C=O) groups is 1. The zero-order chi connectivity index (χ0) is 20.2. The second kappa shape index (κ2) is 8.93. The van der Waals surface area contributed by atoms with E-state index in [4.69, 9.17) is 0 Å². The van der Waals surface area contributed by atoms with Crippen molar-refractivity contribution in [3.05, 3.63) is 109 Å². The van der Waals surface area contributed by atoms with Gasteiger partial charge in [0.25, 0.3) is 0 Å². The van der Waals surface area contributed by atoms with Crippen LogP contribution in [0.4, 0.5) is 11.4 Å². The van der Waals surface area contributed by atoms with Crippen molar-refractivity contribution < 1.29 is 4.79 Å². The van der Waals surface area contributed by atoms with Crippen LogP contribution >= 0.6 is 31.9 Å². The number of hydrogen-bond acceptors (Lipinski definition) is 1. The molecule has 0 fully saturated rings. The molecular weight excluding hydrogens is 490 g/mol. The molecule has 0 saturated heterocycles. The topological polar surface area (TPSA) is 20.3 Å². The maximum absolute atomic E-state index is 13.6. The molecule has 2 nitrogen and oxygen atoms in total. The van der Waals surface area contributed by atoms with E-state index >= 15 is 0 Å². The molecule has 4 aromatic carbocycles. The van der Waals surface area contributed by atoms with Crippen molar-refractivity contribution in [1.82, 2.24) is 0 Å². The quantitative estimate of drug-likeness (QED) is 0.257. The van der Waals surface area contributed by atoms with E-state index < -0.39 is 4.83 Å². The molecule has 0 heterocycles. The summed E-state index contributed by atoms with van der Waals surface area (Å²) >= 11 is 7.36. The third-order valence-corrected chi connectivity index (χ3v) is 7.52. The van der Waals surface area contributed by atoms with Crippen LogP contribution in [-0.4, -0.2) is 10.7 Å². The highest BCUT2D eigenvalue weighted by atomic mass is 79.9. The number of amides is 1. The molecule has 0 aromatic heterocycles. The molecule has 4 aromatic rings. The Bertz CT molecular complexity index is 1120. The van der Waals surface area contributed by atoms with Crippen molar-refractivity contribution in [2.45, 2.75) is 9.65 Å². The van der Waals surface area contributed by atoms with Gasteiger partial charge < -0.3 is 0 Å². The van der Waals surface area contributed by atoms with Crippen LogP contribution in [0.25, 0.3) is 10.8 Å². The molecule has 2 atom stereocenters. The second-order valence-corrected chi connectivity index (χ2v) is 8.73. The Morgan fingerprint density at radius 2 is 1.24 bits per heavy atom. The number of alkyl halides is 2. The predicted octanol–water partition coefficient (Wildman–Crippen LogP) is 7.40. The molecule has 0 aliphatic carbocycles. The van der Waals surface area contributed by atoms with Gasteiger partial charge in [-0.2, -0.15) is 0 Å². The Morgan fingerprint density at radius 1 is 0.655 bits per heavy atom. The molecule has 4 heteroatoms. The van der Waals surface area contributed by atoms with Crippen LogP contribution in [0.3, 0.4) is 0 Å². The second-order valence-electron chi connectivity index (χ2n) is 6.75. The lowest BCUT2D eigenvalue weighted by Gasteiger charge is -2.28. The zero-order valence-corrected chi connectivity index (χ0v) is 18.8. The summed E-state index contributed by atoms with van der Waals surface area (Å²) in [5.74, 6) is -0.0304. The molecule has 1 amide bonds. The van der Waals surface area contributed by atoms with Gasteiger partial charge >= 0.3 is 0 Å². The van der Waals surface area contributed by atoms with Crippen LogP contribution in [0.1, 0.15) is 10.4 Å². The average Bonchev–Trinajstić information content (AvgIpc) is 2.79. The first-order valence-electron chi connectivity index (χ1n) is 9.36. The first kappa shape index (κ1) is 19.9. The fourth-order valence-electron chi connectivity index (χ4n) is 3.35. The van der Waals surface area contributed by atoms with Gasteiger partial charge in [0.05, 0.1) is 4.83 Å². The van der Waals surface area contributed by atoms with Gasteiger partial charge in [-0.1, -0.05) is 111 Å². The number of benzene rings is 4. The number of anilines is 2. The molecule has 4 rings (SSSR count). The number of nitrogens with zero attached hydrogens (tertiary/aromatic N) is 1. The molecular formula is C25H19Br2NO. The molecule has 144 valence electrons. The number of hydrogen-bond donors (Lipinski definition) is 0. The highest BCUT2D eigenvalue weighted by Crippen LogP contribution is 2.36. The Hall–Kier alpha value is -2.43. The third-order valence-electron chi connectivity index (χ3n) is 4.84. The fourth-order valence-corrected chi connectivity index (χ4v) is 4.39. The molecule has 0 radical (unpaired) electrons. The van der Waals surface area contributed by atoms with E-state index in [0.717, 1.165) is 27.7 Å². The van der Waals surface area contributed by atoms with Crippen molar-refractivity contribution in [2.75, 3.05) is 4.90 Å². The molecule has 0 saturated carbocycles. The van der Waals surface area contributed by atoms with Crippen LogP contribution in [0.2, 0.25) is 0 Å². The van der Waals surface area contributed by atoms with E-state index in [1.54, 1.807) is 4.90 Å². The van der Waals surface area contributed by atoms with E-state index in [-0.39, 0.29) is 10.7 Å². The van der Waals surface area contributed by atoms with E-state index in [9.17, 15) is 4.79 Å². The van der Waals surface area contributed by atoms with Crippen LogP contribution in [0, 0.1) is 0 Å². The van der Waals surface area contributed by atoms with Crippen molar-refractivity contribution in [3.63, 3.8) is 0 Å². The van der Waals surface area contributed by atoms with Crippen molar-refractivity contribution >= 4 is 59.9 Å². The number of para-hydroxylation sites is 1. The van der Waals surface area contributed by atoms with Gasteiger partial charge in [-0.05, 0) is 40.6 Å². The lowest BCUT2D eigenvalue weighted by Crippen LogP contribution is -2.35. The lowest BCUT2D eigenvalue weighted by molar-refractivity contribution is -0.117. The Balaban J connectivity index is 1.75. The van der Waals surface area contributed by atoms with Gasteiger partial charge in [-0.3, -0.25) is 9.69 Å². The van der Waals surface area contributed by atoms with Gasteiger partial charge in [0, 0.05) is 11.4 Å². The maximum Gasteiger partial charge on any atom is 0.246 e. The summed E-state index contributed by atoms with van der Waals surface area (Å²) in [6, 6.07) is 34.0. The number of fused-ring (bicyclic) bond motifs is 1. The van der Waals surface area contributed by atoms with E-state index in [1.165, 1.54) is 0 Å². The average molecular weight is 509 g/mol. The normalized spacial score (nSPS) is 13.0. The predicted molar refractivity (Wildman–Crippen MR) is 128 cm³/mol. The molecule has 0 bridgehead atoms. The standard InChI is InChI=1S/C25H19Br2NO/c26-23(19-10-3-1-4-11-19)24(27)25(29)28(21-13-5-2-6-14-21)22-16-15-18-9-7-8-12-20(18)17-22/h1-17,23-24H/t23-,24+/m0/s1. The number of rotatable bonds is 5. The van der Waals surface area contributed by atoms with Gasteiger partial charge in [0.2, 0.25) is 5.91 Å². The molecule has 0 unspecified atom stereocenters. The van der Waals surface area contributed by atoms with Crippen LogP contribution in [-0.2, 0) is 4.79 Å². The van der Waals surface area contributed by atoms with Crippen molar-refractivity contribution in [3.8, 4) is 0 Å². The van der Waals surface area contributed by atoms with E-state index in [1.807, 2.05) is 78.9 Å². The van der Waals surface area contributed by atoms with Crippen molar-refractivity contribution in [2.24, 2.45) is 0 Å². The Morgan fingerprint density at radius 3 is 1.93 bits per heavy atom. The van der Waals surface area contributed by atoms with Gasteiger partial charge in [0.1, 0.15) is 4.83 Å². The SMILES string of the molecule is O=C([C@H](Br)[C@@H](Br)c1ccccc1)N(c1ccccc1)c1ccc2ccccc2c1. The first-order valence-corrected chi connectivity index (χ1v) is 11.2. The number of halogens is 2. The molecule has 0 aliphatic heterocycles. The Kier molecular flexibility index (Phi) is 6.12. The Labute approximate surface area is 187 Å². The largest absolute Gasteiger partial charge is 0.280 e. The molecule has 29 heavy (non-hydrogen) atoms. The fraction of sp³-hybridized carbons (Fsp3) is 0.0800. The highest BCUT2D eigenvalue weighted by Gasteiger charge is 2.31. The first-order chi connectivity index (χ1) is 14.1. The molecule has 0 N–H and O–H groups in total. The van der Waals surface area contributed by atoms with Crippen LogP contribution < -0.4 is 4.90 Å². The highest BCUT2D eigenvalue weighted by molar-refractivity contribution is 9.12. The van der Waals surface area contributed by atoms with Crippen molar-refractivity contribution in [1.29, 1.82) is 0 Å². The van der Waals surface area contributed by atoms with Gasteiger partial charge in [-0.15, -0.1) is 0 Å². The monoisotopic (exact) mass is 507 g/mol. The molecule has 0 spiro atoms. The number of carbonyl (C=O) groups excluding carboxylic acids is 1. The lowest BCUT2D eigenvalue weighted by atomic mass is 10.1. The van der Waals surface area contributed by atoms with Crippen LogP contribution in [0.15, 0.2) is 103 Å². The minimum absolute atomic E-state index is 0.0304. The smallest absolute Gasteiger partial charge is 0.246 e. The van der Waals surface area contributed by atoms with E-state index in [2.05, 4.69) is 56.1 Å². The summed E-state index contributed by atoms with van der Waals surface area (Å²) < 4.78 is 0. The summed E-state index contributed by atoms with van der Waals surface area (Å²) in [4.78, 5) is 14.8. The summed E-state index contributed by atoms with van der Waals surface area (Å²) in [5.41, 5.74) is 2.73. The van der Waals surface area contributed by atoms with E-state index in [0.29, 0.717) is 0 Å². The van der Waals surface area contributed by atoms with Gasteiger partial charge in [-0.25, -0.2) is 0 Å². The summed E-state index contributed by atoms with van der Waals surface area (Å²) in [6.45, 7) is 0. The minimum atomic E-state index is -0.434. The van der Waals surface area contributed by atoms with Gasteiger partial charge in [0.15, 0.2) is 0 Å². The summed E-state index contributed by atoms with van der Waals surface area (Å²) in [5, 5.41) is 2.25.